The van der Waals surface area contributed by atoms with Crippen LogP contribution in [-0.4, -0.2) is 11.9 Å². The van der Waals surface area contributed by atoms with Gasteiger partial charge in [0.2, 0.25) is 0 Å². The summed E-state index contributed by atoms with van der Waals surface area (Å²) in [5.74, 6) is 3.76. The highest BCUT2D eigenvalue weighted by Gasteiger charge is 2.52. The van der Waals surface area contributed by atoms with Gasteiger partial charge in [0.05, 0.1) is 6.10 Å². The molecule has 5 rings (SSSR count). The number of allylic oxidation sites excluding steroid dienone is 2. The second-order valence-electron chi connectivity index (χ2n) is 8.94. The molecule has 0 saturated heterocycles. The molecule has 4 fully saturated rings. The molecule has 0 unspecified atom stereocenters. The van der Waals surface area contributed by atoms with E-state index in [9.17, 15) is 4.79 Å². The minimum Gasteiger partial charge on any atom is -0.491 e. The monoisotopic (exact) mass is 338 g/mol. The number of ketones is 1. The van der Waals surface area contributed by atoms with Gasteiger partial charge in [-0.1, -0.05) is 6.08 Å². The van der Waals surface area contributed by atoms with Gasteiger partial charge < -0.3 is 4.74 Å². The highest BCUT2D eigenvalue weighted by atomic mass is 16.5. The van der Waals surface area contributed by atoms with E-state index in [2.05, 4.69) is 19.9 Å². The third-order valence-electron chi connectivity index (χ3n) is 6.55. The predicted molar refractivity (Wildman–Crippen MR) is 101 cm³/mol. The van der Waals surface area contributed by atoms with Crippen LogP contribution in [0.5, 0.6) is 5.75 Å². The Morgan fingerprint density at radius 2 is 1.72 bits per heavy atom. The lowest BCUT2D eigenvalue weighted by molar-refractivity contribution is -0.00672. The van der Waals surface area contributed by atoms with Crippen LogP contribution < -0.4 is 4.74 Å². The normalized spacial score (nSPS) is 33.4. The van der Waals surface area contributed by atoms with Crippen LogP contribution >= 0.6 is 0 Å². The third-order valence-corrected chi connectivity index (χ3v) is 6.55. The minimum atomic E-state index is 0.101. The van der Waals surface area contributed by atoms with Crippen molar-refractivity contribution in [3.63, 3.8) is 0 Å². The Morgan fingerprint density at radius 3 is 2.24 bits per heavy atom. The van der Waals surface area contributed by atoms with Gasteiger partial charge in [0.15, 0.2) is 5.78 Å². The SMILES string of the molecule is C/C=C/C(=O)c1ccc(OC(C)C)c(C23CC4CC(CC(C4)C2)C3)c1. The molecule has 2 nitrogen and oxygen atoms in total. The van der Waals surface area contributed by atoms with E-state index >= 15 is 0 Å². The number of rotatable bonds is 5. The number of hydrogen-bond donors (Lipinski definition) is 0. The van der Waals surface area contributed by atoms with Crippen molar-refractivity contribution in [2.45, 2.75) is 70.8 Å². The second kappa shape index (κ2) is 6.30. The first-order valence-corrected chi connectivity index (χ1v) is 9.97. The average molecular weight is 338 g/mol. The molecule has 1 aromatic rings. The van der Waals surface area contributed by atoms with Crippen molar-refractivity contribution in [2.24, 2.45) is 17.8 Å². The Bertz CT molecular complexity index is 663. The molecule has 0 aliphatic heterocycles. The predicted octanol–water partition coefficient (Wildman–Crippen LogP) is 5.70. The molecule has 2 heteroatoms. The van der Waals surface area contributed by atoms with Crippen LogP contribution in [0.25, 0.3) is 0 Å². The van der Waals surface area contributed by atoms with E-state index in [-0.39, 0.29) is 17.3 Å². The number of benzene rings is 1. The van der Waals surface area contributed by atoms with E-state index in [1.54, 1.807) is 6.08 Å². The zero-order chi connectivity index (χ0) is 17.6. The lowest BCUT2D eigenvalue weighted by Gasteiger charge is -2.57. The highest BCUT2D eigenvalue weighted by molar-refractivity contribution is 6.04. The lowest BCUT2D eigenvalue weighted by atomic mass is 9.48. The molecule has 1 aromatic carbocycles. The van der Waals surface area contributed by atoms with Crippen molar-refractivity contribution < 1.29 is 9.53 Å². The Balaban J connectivity index is 1.78. The summed E-state index contributed by atoms with van der Waals surface area (Å²) in [6, 6.07) is 6.14. The van der Waals surface area contributed by atoms with Crippen molar-refractivity contribution >= 4 is 5.78 Å². The van der Waals surface area contributed by atoms with Gasteiger partial charge in [-0.2, -0.15) is 0 Å². The largest absolute Gasteiger partial charge is 0.491 e. The summed E-state index contributed by atoms with van der Waals surface area (Å²) in [6.45, 7) is 6.07. The van der Waals surface area contributed by atoms with Gasteiger partial charge in [0.1, 0.15) is 5.75 Å². The van der Waals surface area contributed by atoms with E-state index in [4.69, 9.17) is 4.74 Å². The van der Waals surface area contributed by atoms with Gasteiger partial charge in [-0.3, -0.25) is 4.79 Å². The van der Waals surface area contributed by atoms with Crippen molar-refractivity contribution in [3.8, 4) is 5.75 Å². The summed E-state index contributed by atoms with van der Waals surface area (Å²) in [6.07, 6.45) is 11.8. The van der Waals surface area contributed by atoms with Crippen LogP contribution in [0.2, 0.25) is 0 Å². The van der Waals surface area contributed by atoms with Crippen molar-refractivity contribution in [1.82, 2.24) is 0 Å². The van der Waals surface area contributed by atoms with Gasteiger partial charge >= 0.3 is 0 Å². The molecule has 0 spiro atoms. The number of ether oxygens (including phenoxy) is 1. The van der Waals surface area contributed by atoms with Gasteiger partial charge in [-0.15, -0.1) is 0 Å². The molecule has 0 N–H and O–H groups in total. The third kappa shape index (κ3) is 3.05. The second-order valence-corrected chi connectivity index (χ2v) is 8.94. The van der Waals surface area contributed by atoms with Crippen LogP contribution in [-0.2, 0) is 5.41 Å². The molecule has 0 aromatic heterocycles. The molecule has 0 amide bonds. The Hall–Kier alpha value is -1.57. The van der Waals surface area contributed by atoms with E-state index in [0.717, 1.165) is 29.1 Å². The number of hydrogen-bond acceptors (Lipinski definition) is 2. The smallest absolute Gasteiger partial charge is 0.185 e. The van der Waals surface area contributed by atoms with E-state index in [1.807, 2.05) is 25.1 Å². The molecular weight excluding hydrogens is 308 g/mol. The summed E-state index contributed by atoms with van der Waals surface area (Å²) >= 11 is 0. The molecule has 4 bridgehead atoms. The fraction of sp³-hybridized carbons (Fsp3) is 0.609. The van der Waals surface area contributed by atoms with Crippen LogP contribution in [0.3, 0.4) is 0 Å². The van der Waals surface area contributed by atoms with Crippen molar-refractivity contribution in [1.29, 1.82) is 0 Å². The Morgan fingerprint density at radius 1 is 1.12 bits per heavy atom. The first-order valence-electron chi connectivity index (χ1n) is 9.97. The van der Waals surface area contributed by atoms with Gasteiger partial charge in [-0.05, 0) is 107 Å². The standard InChI is InChI=1S/C23H30O2/c1-4-5-21(24)19-6-7-22(25-15(2)3)20(11-19)23-12-16-8-17(13-23)10-18(9-16)14-23/h4-7,11,15-18H,8-10,12-14H2,1-3H3/b5-4+. The van der Waals surface area contributed by atoms with Crippen LogP contribution in [0, 0.1) is 17.8 Å². The molecule has 4 saturated carbocycles. The summed E-state index contributed by atoms with van der Waals surface area (Å²) in [4.78, 5) is 12.4. The minimum absolute atomic E-state index is 0.101. The first-order chi connectivity index (χ1) is 12.0. The number of carbonyl (C=O) groups excluding carboxylic acids is 1. The summed E-state index contributed by atoms with van der Waals surface area (Å²) in [5, 5.41) is 0. The molecule has 134 valence electrons. The van der Waals surface area contributed by atoms with Crippen LogP contribution in [0.1, 0.15) is 75.2 Å². The fourth-order valence-corrected chi connectivity index (χ4v) is 6.14. The molecule has 4 aliphatic carbocycles. The fourth-order valence-electron chi connectivity index (χ4n) is 6.14. The maximum atomic E-state index is 12.4. The van der Waals surface area contributed by atoms with E-state index in [1.165, 1.54) is 44.1 Å². The maximum Gasteiger partial charge on any atom is 0.185 e. The summed E-state index contributed by atoms with van der Waals surface area (Å²) in [5.41, 5.74) is 2.36. The van der Waals surface area contributed by atoms with Gasteiger partial charge in [0.25, 0.3) is 0 Å². The molecule has 0 atom stereocenters. The van der Waals surface area contributed by atoms with Gasteiger partial charge in [-0.25, -0.2) is 0 Å². The van der Waals surface area contributed by atoms with Crippen molar-refractivity contribution in [2.75, 3.05) is 0 Å². The molecule has 25 heavy (non-hydrogen) atoms. The highest BCUT2D eigenvalue weighted by Crippen LogP contribution is 2.62. The Labute approximate surface area is 151 Å². The molecule has 4 aliphatic rings. The molecule has 0 radical (unpaired) electrons. The van der Waals surface area contributed by atoms with E-state index in [0.29, 0.717) is 0 Å². The van der Waals surface area contributed by atoms with E-state index < -0.39 is 0 Å². The zero-order valence-electron chi connectivity index (χ0n) is 15.8. The molecular formula is C23H30O2. The first kappa shape index (κ1) is 16.9. The van der Waals surface area contributed by atoms with Crippen LogP contribution in [0.4, 0.5) is 0 Å². The Kier molecular flexibility index (Phi) is 4.25. The molecule has 0 heterocycles. The quantitative estimate of drug-likeness (QED) is 0.508. The number of carbonyl (C=O) groups is 1. The zero-order valence-corrected chi connectivity index (χ0v) is 15.8. The lowest BCUT2D eigenvalue weighted by Crippen LogP contribution is -2.48. The summed E-state index contributed by atoms with van der Waals surface area (Å²) < 4.78 is 6.20. The maximum absolute atomic E-state index is 12.4. The summed E-state index contributed by atoms with van der Waals surface area (Å²) in [7, 11) is 0. The topological polar surface area (TPSA) is 26.3 Å². The average Bonchev–Trinajstić information content (AvgIpc) is 2.53. The van der Waals surface area contributed by atoms with Crippen LogP contribution in [0.15, 0.2) is 30.4 Å². The van der Waals surface area contributed by atoms with Crippen molar-refractivity contribution in [3.05, 3.63) is 41.5 Å². The van der Waals surface area contributed by atoms with Gasteiger partial charge in [0, 0.05) is 11.1 Å².